The van der Waals surface area contributed by atoms with Crippen LogP contribution >= 0.6 is 0 Å². The molecule has 0 amide bonds. The fourth-order valence-electron chi connectivity index (χ4n) is 0.811. The van der Waals surface area contributed by atoms with Crippen molar-refractivity contribution in [2.24, 2.45) is 5.73 Å². The maximum absolute atomic E-state index is 10.2. The lowest BCUT2D eigenvalue weighted by Crippen LogP contribution is -2.34. The van der Waals surface area contributed by atoms with Crippen LogP contribution in [0.4, 0.5) is 0 Å². The lowest BCUT2D eigenvalue weighted by molar-refractivity contribution is -0.139. The number of hydrogen-bond donors (Lipinski definition) is 3. The molecule has 2 unspecified atom stereocenters. The van der Waals surface area contributed by atoms with Gasteiger partial charge in [0.1, 0.15) is 0 Å². The molecule has 12 heavy (non-hydrogen) atoms. The molecule has 0 aliphatic carbocycles. The summed E-state index contributed by atoms with van der Waals surface area (Å²) in [6.45, 7) is 3.68. The molecule has 4 nitrogen and oxygen atoms in total. The summed E-state index contributed by atoms with van der Waals surface area (Å²) in [6.07, 6.45) is 0.329. The van der Waals surface area contributed by atoms with Crippen molar-refractivity contribution in [3.8, 4) is 0 Å². The predicted octanol–water partition coefficient (Wildman–Crippen LogP) is 0.116. The van der Waals surface area contributed by atoms with E-state index >= 15 is 0 Å². The summed E-state index contributed by atoms with van der Waals surface area (Å²) in [7, 11) is 0. The van der Waals surface area contributed by atoms with Crippen molar-refractivity contribution in [1.82, 2.24) is 0 Å². The van der Waals surface area contributed by atoms with Crippen LogP contribution in [-0.2, 0) is 4.79 Å². The van der Waals surface area contributed by atoms with Crippen LogP contribution in [0.5, 0.6) is 0 Å². The third-order valence-corrected chi connectivity index (χ3v) is 1.35. The second kappa shape index (κ2) is 4.90. The largest absolute Gasteiger partial charge is 0.481 e. The summed E-state index contributed by atoms with van der Waals surface area (Å²) in [6, 6.07) is -0.592. The zero-order chi connectivity index (χ0) is 9.72. The molecular formula is C8H15NO3. The van der Waals surface area contributed by atoms with Crippen LogP contribution in [0.1, 0.15) is 20.3 Å². The van der Waals surface area contributed by atoms with E-state index in [1.165, 1.54) is 0 Å². The van der Waals surface area contributed by atoms with E-state index in [0.29, 0.717) is 0 Å². The normalized spacial score (nSPS) is 15.0. The van der Waals surface area contributed by atoms with Crippen molar-refractivity contribution < 1.29 is 15.0 Å². The number of carbonyl (C=O) groups is 1. The van der Waals surface area contributed by atoms with E-state index in [9.17, 15) is 9.90 Å². The first kappa shape index (κ1) is 11.1. The van der Waals surface area contributed by atoms with Crippen LogP contribution in [-0.4, -0.2) is 28.3 Å². The minimum atomic E-state index is -1.04. The Bertz CT molecular complexity index is 185. The average Bonchev–Trinajstić information content (AvgIpc) is 1.84. The van der Waals surface area contributed by atoms with Crippen LogP contribution in [0.25, 0.3) is 0 Å². The topological polar surface area (TPSA) is 83.5 Å². The van der Waals surface area contributed by atoms with Crippen molar-refractivity contribution in [1.29, 1.82) is 0 Å². The Labute approximate surface area is 71.7 Å². The molecule has 70 valence electrons. The Hall–Kier alpha value is -0.870. The Balaban J connectivity index is 4.01. The first-order valence-electron chi connectivity index (χ1n) is 3.74. The second-order valence-electron chi connectivity index (χ2n) is 2.99. The molecule has 0 radical (unpaired) electrons. The number of carboxylic acids is 1. The van der Waals surface area contributed by atoms with E-state index in [4.69, 9.17) is 10.8 Å². The quantitative estimate of drug-likeness (QED) is 0.527. The number of carboxylic acid groups (broad SMARTS) is 1. The Kier molecular flexibility index (Phi) is 4.54. The Morgan fingerprint density at radius 2 is 2.08 bits per heavy atom. The number of hydrogen-bond acceptors (Lipinski definition) is 3. The lowest BCUT2D eigenvalue weighted by atomic mass is 10.1. The number of rotatable bonds is 4. The smallest absolute Gasteiger partial charge is 0.306 e. The molecule has 0 saturated heterocycles. The molecule has 0 aliphatic heterocycles. The van der Waals surface area contributed by atoms with Gasteiger partial charge in [-0.2, -0.15) is 0 Å². The van der Waals surface area contributed by atoms with E-state index in [0.717, 1.165) is 5.57 Å². The maximum atomic E-state index is 10.2. The third kappa shape index (κ3) is 4.87. The summed E-state index contributed by atoms with van der Waals surface area (Å²) in [5, 5.41) is 17.5. The highest BCUT2D eigenvalue weighted by molar-refractivity contribution is 5.67. The zero-order valence-corrected chi connectivity index (χ0v) is 7.32. The van der Waals surface area contributed by atoms with Gasteiger partial charge in [-0.15, -0.1) is 0 Å². The molecule has 0 saturated carbocycles. The minimum absolute atomic E-state index is 0.315. The second-order valence-corrected chi connectivity index (χ2v) is 2.99. The first-order chi connectivity index (χ1) is 5.43. The van der Waals surface area contributed by atoms with Gasteiger partial charge in [0.05, 0.1) is 12.5 Å². The SMILES string of the molecule is CC(C)=CC(N)C(O)CC(=O)O. The third-order valence-electron chi connectivity index (χ3n) is 1.35. The highest BCUT2D eigenvalue weighted by Crippen LogP contribution is 2.01. The molecule has 0 aromatic rings. The predicted molar refractivity (Wildman–Crippen MR) is 45.7 cm³/mol. The van der Waals surface area contributed by atoms with Gasteiger partial charge in [-0.05, 0) is 13.8 Å². The van der Waals surface area contributed by atoms with Crippen molar-refractivity contribution in [3.05, 3.63) is 11.6 Å². The Morgan fingerprint density at radius 3 is 2.42 bits per heavy atom. The molecule has 4 N–H and O–H groups in total. The van der Waals surface area contributed by atoms with Gasteiger partial charge in [-0.3, -0.25) is 4.79 Å². The number of allylic oxidation sites excluding steroid dienone is 1. The van der Waals surface area contributed by atoms with Gasteiger partial charge >= 0.3 is 5.97 Å². The monoisotopic (exact) mass is 173 g/mol. The molecule has 4 heteroatoms. The minimum Gasteiger partial charge on any atom is -0.481 e. The lowest BCUT2D eigenvalue weighted by Gasteiger charge is -2.13. The van der Waals surface area contributed by atoms with Gasteiger partial charge < -0.3 is 15.9 Å². The Morgan fingerprint density at radius 1 is 1.58 bits per heavy atom. The molecule has 0 rings (SSSR count). The van der Waals surface area contributed by atoms with Crippen LogP contribution < -0.4 is 5.73 Å². The molecule has 0 heterocycles. The van der Waals surface area contributed by atoms with E-state index < -0.39 is 18.1 Å². The molecule has 0 spiro atoms. The van der Waals surface area contributed by atoms with E-state index in [2.05, 4.69) is 0 Å². The van der Waals surface area contributed by atoms with Crippen LogP contribution in [0, 0.1) is 0 Å². The van der Waals surface area contributed by atoms with Gasteiger partial charge in [-0.25, -0.2) is 0 Å². The number of nitrogens with two attached hydrogens (primary N) is 1. The van der Waals surface area contributed by atoms with Gasteiger partial charge in [0.2, 0.25) is 0 Å². The molecule has 0 bridgehead atoms. The number of aliphatic carboxylic acids is 1. The zero-order valence-electron chi connectivity index (χ0n) is 7.32. The van der Waals surface area contributed by atoms with Crippen molar-refractivity contribution >= 4 is 5.97 Å². The van der Waals surface area contributed by atoms with Gasteiger partial charge in [0.25, 0.3) is 0 Å². The van der Waals surface area contributed by atoms with Gasteiger partial charge in [0, 0.05) is 6.04 Å². The fraction of sp³-hybridized carbons (Fsp3) is 0.625. The molecule has 2 atom stereocenters. The van der Waals surface area contributed by atoms with Crippen LogP contribution in [0.2, 0.25) is 0 Å². The van der Waals surface area contributed by atoms with E-state index in [1.54, 1.807) is 6.08 Å². The summed E-state index contributed by atoms with van der Waals surface area (Å²) in [5.41, 5.74) is 6.44. The first-order valence-corrected chi connectivity index (χ1v) is 3.74. The van der Waals surface area contributed by atoms with Crippen molar-refractivity contribution in [2.75, 3.05) is 0 Å². The summed E-state index contributed by atoms with van der Waals surface area (Å²) >= 11 is 0. The van der Waals surface area contributed by atoms with Crippen LogP contribution in [0.3, 0.4) is 0 Å². The van der Waals surface area contributed by atoms with Gasteiger partial charge in [0.15, 0.2) is 0 Å². The van der Waals surface area contributed by atoms with E-state index in [-0.39, 0.29) is 6.42 Å². The molecule has 0 aliphatic rings. The summed E-state index contributed by atoms with van der Waals surface area (Å²) < 4.78 is 0. The molecule has 0 fully saturated rings. The summed E-state index contributed by atoms with van der Waals surface area (Å²) in [4.78, 5) is 10.2. The standard InChI is InChI=1S/C8H15NO3/c1-5(2)3-6(9)7(10)4-8(11)12/h3,6-7,10H,4,9H2,1-2H3,(H,11,12). The van der Waals surface area contributed by atoms with Crippen molar-refractivity contribution in [2.45, 2.75) is 32.4 Å². The average molecular weight is 173 g/mol. The molecule has 0 aromatic carbocycles. The van der Waals surface area contributed by atoms with Crippen LogP contribution in [0.15, 0.2) is 11.6 Å². The molecular weight excluding hydrogens is 158 g/mol. The highest BCUT2D eigenvalue weighted by Gasteiger charge is 2.15. The van der Waals surface area contributed by atoms with E-state index in [1.807, 2.05) is 13.8 Å². The van der Waals surface area contributed by atoms with Gasteiger partial charge in [-0.1, -0.05) is 11.6 Å². The highest BCUT2D eigenvalue weighted by atomic mass is 16.4. The number of aliphatic hydroxyl groups is 1. The summed E-state index contributed by atoms with van der Waals surface area (Å²) in [5.74, 6) is -1.04. The number of aliphatic hydroxyl groups excluding tert-OH is 1. The van der Waals surface area contributed by atoms with Crippen molar-refractivity contribution in [3.63, 3.8) is 0 Å². The fourth-order valence-corrected chi connectivity index (χ4v) is 0.811. The maximum Gasteiger partial charge on any atom is 0.306 e. The molecule has 0 aromatic heterocycles.